The van der Waals surface area contributed by atoms with Crippen molar-refractivity contribution in [3.8, 4) is 0 Å². The van der Waals surface area contributed by atoms with Gasteiger partial charge in [-0.2, -0.15) is 0 Å². The summed E-state index contributed by atoms with van der Waals surface area (Å²) in [6.07, 6.45) is -0.984. The van der Waals surface area contributed by atoms with E-state index in [-0.39, 0.29) is 6.61 Å². The van der Waals surface area contributed by atoms with Crippen LogP contribution in [0.3, 0.4) is 0 Å². The number of amides is 1. The van der Waals surface area contributed by atoms with Crippen molar-refractivity contribution in [2.45, 2.75) is 12.5 Å². The molecule has 0 heterocycles. The van der Waals surface area contributed by atoms with Gasteiger partial charge in [0.2, 0.25) is 0 Å². The molecule has 1 aromatic rings. The van der Waals surface area contributed by atoms with Crippen molar-refractivity contribution in [2.75, 3.05) is 6.61 Å². The second kappa shape index (κ2) is 5.72. The lowest BCUT2D eigenvalue weighted by Crippen LogP contribution is -2.18. The lowest BCUT2D eigenvalue weighted by Gasteiger charge is -2.15. The van der Waals surface area contributed by atoms with Gasteiger partial charge in [-0.15, -0.1) is 0 Å². The van der Waals surface area contributed by atoms with Crippen LogP contribution in [-0.2, 0) is 4.74 Å². The summed E-state index contributed by atoms with van der Waals surface area (Å²) >= 11 is 3.30. The minimum atomic E-state index is -0.837. The van der Waals surface area contributed by atoms with E-state index in [1.165, 1.54) is 0 Å². The normalized spacial score (nSPS) is 12.1. The molecule has 0 unspecified atom stereocenters. The van der Waals surface area contributed by atoms with E-state index in [4.69, 9.17) is 15.6 Å². The van der Waals surface area contributed by atoms with Crippen LogP contribution in [0.4, 0.5) is 4.79 Å². The number of rotatable bonds is 4. The van der Waals surface area contributed by atoms with E-state index in [0.717, 1.165) is 10.0 Å². The van der Waals surface area contributed by atoms with Crippen LogP contribution in [-0.4, -0.2) is 17.8 Å². The van der Waals surface area contributed by atoms with E-state index in [1.807, 2.05) is 24.3 Å². The minimum Gasteiger partial charge on any atom is -0.441 e. The molecule has 0 radical (unpaired) electrons. The number of hydrogen-bond acceptors (Lipinski definition) is 3. The Morgan fingerprint density at radius 1 is 1.47 bits per heavy atom. The SMILES string of the molecule is NC(=O)O[C@H](CCO)c1ccc(Br)cc1. The van der Waals surface area contributed by atoms with Crippen LogP contribution in [0.25, 0.3) is 0 Å². The van der Waals surface area contributed by atoms with Gasteiger partial charge in [-0.1, -0.05) is 28.1 Å². The van der Waals surface area contributed by atoms with Gasteiger partial charge in [-0.25, -0.2) is 4.79 Å². The Kier molecular flexibility index (Phi) is 4.58. The second-order valence-electron chi connectivity index (χ2n) is 2.99. The van der Waals surface area contributed by atoms with Gasteiger partial charge in [0.15, 0.2) is 0 Å². The van der Waals surface area contributed by atoms with Gasteiger partial charge in [0.05, 0.1) is 0 Å². The molecule has 3 N–H and O–H groups in total. The number of primary amides is 1. The Morgan fingerprint density at radius 2 is 2.07 bits per heavy atom. The highest BCUT2D eigenvalue weighted by atomic mass is 79.9. The summed E-state index contributed by atoms with van der Waals surface area (Å²) in [5, 5.41) is 8.82. The zero-order valence-corrected chi connectivity index (χ0v) is 9.61. The first kappa shape index (κ1) is 12.0. The van der Waals surface area contributed by atoms with E-state index in [9.17, 15) is 4.79 Å². The van der Waals surface area contributed by atoms with E-state index in [0.29, 0.717) is 6.42 Å². The topological polar surface area (TPSA) is 72.6 Å². The van der Waals surface area contributed by atoms with Gasteiger partial charge in [-0.3, -0.25) is 0 Å². The number of aliphatic hydroxyl groups excluding tert-OH is 1. The smallest absolute Gasteiger partial charge is 0.405 e. The number of hydrogen-bond donors (Lipinski definition) is 2. The molecule has 1 atom stereocenters. The molecule has 0 saturated carbocycles. The van der Waals surface area contributed by atoms with Crippen LogP contribution in [0.1, 0.15) is 18.1 Å². The molecule has 4 nitrogen and oxygen atoms in total. The van der Waals surface area contributed by atoms with Crippen LogP contribution in [0.5, 0.6) is 0 Å². The van der Waals surface area contributed by atoms with Crippen LogP contribution < -0.4 is 5.73 Å². The summed E-state index contributed by atoms with van der Waals surface area (Å²) in [7, 11) is 0. The van der Waals surface area contributed by atoms with Gasteiger partial charge >= 0.3 is 6.09 Å². The highest BCUT2D eigenvalue weighted by Crippen LogP contribution is 2.22. The Hall–Kier alpha value is -1.07. The molecule has 0 aromatic heterocycles. The van der Waals surface area contributed by atoms with E-state index >= 15 is 0 Å². The number of halogens is 1. The zero-order valence-electron chi connectivity index (χ0n) is 8.02. The first-order valence-corrected chi connectivity index (χ1v) is 5.25. The molecule has 0 fully saturated rings. The predicted molar refractivity (Wildman–Crippen MR) is 59.3 cm³/mol. The second-order valence-corrected chi connectivity index (χ2v) is 3.91. The predicted octanol–water partition coefficient (Wildman–Crippen LogP) is 1.97. The van der Waals surface area contributed by atoms with E-state index in [1.54, 1.807) is 0 Å². The van der Waals surface area contributed by atoms with Crippen molar-refractivity contribution in [1.29, 1.82) is 0 Å². The van der Waals surface area contributed by atoms with Gasteiger partial charge in [0.25, 0.3) is 0 Å². The lowest BCUT2D eigenvalue weighted by molar-refractivity contribution is 0.0877. The summed E-state index contributed by atoms with van der Waals surface area (Å²) in [4.78, 5) is 10.6. The first-order valence-electron chi connectivity index (χ1n) is 4.46. The minimum absolute atomic E-state index is 0.0615. The van der Waals surface area contributed by atoms with Gasteiger partial charge < -0.3 is 15.6 Å². The van der Waals surface area contributed by atoms with Gasteiger partial charge in [0, 0.05) is 17.5 Å². The van der Waals surface area contributed by atoms with Gasteiger partial charge in [0.1, 0.15) is 6.10 Å². The fourth-order valence-electron chi connectivity index (χ4n) is 1.23. The molecule has 0 aliphatic heterocycles. The maximum atomic E-state index is 10.6. The third-order valence-electron chi connectivity index (χ3n) is 1.89. The van der Waals surface area contributed by atoms with E-state index in [2.05, 4.69) is 15.9 Å². The van der Waals surface area contributed by atoms with Crippen molar-refractivity contribution in [2.24, 2.45) is 5.73 Å². The van der Waals surface area contributed by atoms with Crippen molar-refractivity contribution in [3.63, 3.8) is 0 Å². The Bertz CT molecular complexity index is 326. The van der Waals surface area contributed by atoms with E-state index < -0.39 is 12.2 Å². The quantitative estimate of drug-likeness (QED) is 0.881. The molecule has 15 heavy (non-hydrogen) atoms. The van der Waals surface area contributed by atoms with Crippen molar-refractivity contribution in [1.82, 2.24) is 0 Å². The fraction of sp³-hybridized carbons (Fsp3) is 0.300. The monoisotopic (exact) mass is 273 g/mol. The van der Waals surface area contributed by atoms with Crippen LogP contribution in [0.15, 0.2) is 28.7 Å². The number of carbonyl (C=O) groups excluding carboxylic acids is 1. The fourth-order valence-corrected chi connectivity index (χ4v) is 1.49. The highest BCUT2D eigenvalue weighted by molar-refractivity contribution is 9.10. The molecule has 0 aliphatic rings. The average molecular weight is 274 g/mol. The number of ether oxygens (including phenoxy) is 1. The molecule has 5 heteroatoms. The van der Waals surface area contributed by atoms with Crippen LogP contribution in [0.2, 0.25) is 0 Å². The molecule has 0 saturated heterocycles. The summed E-state index contributed by atoms with van der Waals surface area (Å²) in [5.74, 6) is 0. The van der Waals surface area contributed by atoms with Gasteiger partial charge in [-0.05, 0) is 17.7 Å². The summed E-state index contributed by atoms with van der Waals surface area (Å²) in [6.45, 7) is -0.0615. The molecule has 1 rings (SSSR count). The molecule has 0 aliphatic carbocycles. The number of benzene rings is 1. The molecule has 1 amide bonds. The zero-order chi connectivity index (χ0) is 11.3. The summed E-state index contributed by atoms with van der Waals surface area (Å²) < 4.78 is 5.82. The molecule has 0 bridgehead atoms. The third-order valence-corrected chi connectivity index (χ3v) is 2.42. The number of nitrogens with two attached hydrogens (primary N) is 1. The largest absolute Gasteiger partial charge is 0.441 e. The summed E-state index contributed by atoms with van der Waals surface area (Å²) in [5.41, 5.74) is 5.75. The van der Waals surface area contributed by atoms with Crippen molar-refractivity contribution in [3.05, 3.63) is 34.3 Å². The Labute approximate surface area is 96.2 Å². The molecular formula is C10H12BrNO3. The van der Waals surface area contributed by atoms with Crippen LogP contribution in [0, 0.1) is 0 Å². The Balaban J connectivity index is 2.78. The molecular weight excluding hydrogens is 262 g/mol. The third kappa shape index (κ3) is 3.89. The highest BCUT2D eigenvalue weighted by Gasteiger charge is 2.14. The summed E-state index contributed by atoms with van der Waals surface area (Å²) in [6, 6.07) is 7.30. The first-order chi connectivity index (χ1) is 7.13. The molecule has 0 spiro atoms. The average Bonchev–Trinajstić information content (AvgIpc) is 2.17. The molecule has 82 valence electrons. The Morgan fingerprint density at radius 3 is 2.53 bits per heavy atom. The maximum absolute atomic E-state index is 10.6. The standard InChI is InChI=1S/C10H12BrNO3/c11-8-3-1-7(2-4-8)9(5-6-13)15-10(12)14/h1-4,9,13H,5-6H2,(H2,12,14)/t9-/m1/s1. The van der Waals surface area contributed by atoms with Crippen molar-refractivity contribution >= 4 is 22.0 Å². The number of aliphatic hydroxyl groups is 1. The lowest BCUT2D eigenvalue weighted by atomic mass is 10.1. The maximum Gasteiger partial charge on any atom is 0.405 e. The van der Waals surface area contributed by atoms with Crippen LogP contribution >= 0.6 is 15.9 Å². The number of carbonyl (C=O) groups is 1. The molecule has 1 aromatic carbocycles. The van der Waals surface area contributed by atoms with Crippen molar-refractivity contribution < 1.29 is 14.6 Å².